The van der Waals surface area contributed by atoms with Gasteiger partial charge in [0, 0.05) is 38.2 Å². The summed E-state index contributed by atoms with van der Waals surface area (Å²) >= 11 is 0. The summed E-state index contributed by atoms with van der Waals surface area (Å²) in [4.78, 5) is 10.7. The Morgan fingerprint density at radius 1 is 1.32 bits per heavy atom. The Bertz CT molecular complexity index is 513. The molecule has 0 saturated carbocycles. The van der Waals surface area contributed by atoms with Crippen molar-refractivity contribution in [1.29, 1.82) is 0 Å². The Morgan fingerprint density at radius 3 is 2.84 bits per heavy atom. The fourth-order valence-corrected chi connectivity index (χ4v) is 1.93. The zero-order valence-corrected chi connectivity index (χ0v) is 11.7. The molecular formula is C15H20N4. The standard InChI is InChI=1S/C15H20N4/c1-12(16-2)14-6-8-18-15(9-14)19(3)11-13-5-4-7-17-10-13/h4-10,12,16H,11H2,1-3H3. The van der Waals surface area contributed by atoms with Crippen molar-refractivity contribution in [3.05, 3.63) is 54.0 Å². The molecule has 2 rings (SSSR count). The number of rotatable bonds is 5. The molecule has 4 nitrogen and oxygen atoms in total. The van der Waals surface area contributed by atoms with Gasteiger partial charge in [0.15, 0.2) is 0 Å². The van der Waals surface area contributed by atoms with E-state index in [0.717, 1.165) is 12.4 Å². The first-order valence-corrected chi connectivity index (χ1v) is 6.44. The van der Waals surface area contributed by atoms with E-state index in [0.29, 0.717) is 6.04 Å². The molecule has 0 aliphatic carbocycles. The normalized spacial score (nSPS) is 12.2. The van der Waals surface area contributed by atoms with Crippen molar-refractivity contribution in [2.24, 2.45) is 0 Å². The highest BCUT2D eigenvalue weighted by atomic mass is 15.2. The molecule has 0 saturated heterocycles. The molecule has 0 aromatic carbocycles. The first kappa shape index (κ1) is 13.5. The monoisotopic (exact) mass is 256 g/mol. The zero-order chi connectivity index (χ0) is 13.7. The highest BCUT2D eigenvalue weighted by Gasteiger charge is 2.07. The Balaban J connectivity index is 2.13. The molecule has 0 aliphatic rings. The lowest BCUT2D eigenvalue weighted by molar-refractivity contribution is 0.651. The van der Waals surface area contributed by atoms with Crippen LogP contribution < -0.4 is 10.2 Å². The Hall–Kier alpha value is -1.94. The number of hydrogen-bond acceptors (Lipinski definition) is 4. The van der Waals surface area contributed by atoms with Crippen molar-refractivity contribution in [1.82, 2.24) is 15.3 Å². The van der Waals surface area contributed by atoms with E-state index < -0.39 is 0 Å². The smallest absolute Gasteiger partial charge is 0.128 e. The summed E-state index contributed by atoms with van der Waals surface area (Å²) in [6, 6.07) is 8.52. The molecule has 4 heteroatoms. The van der Waals surface area contributed by atoms with Gasteiger partial charge in [-0.25, -0.2) is 4.98 Å². The molecule has 19 heavy (non-hydrogen) atoms. The summed E-state index contributed by atoms with van der Waals surface area (Å²) in [6.45, 7) is 2.94. The minimum atomic E-state index is 0.327. The van der Waals surface area contributed by atoms with Gasteiger partial charge < -0.3 is 10.2 Å². The molecule has 0 radical (unpaired) electrons. The van der Waals surface area contributed by atoms with Crippen LogP contribution in [0.2, 0.25) is 0 Å². The molecule has 0 fully saturated rings. The molecule has 2 aromatic rings. The van der Waals surface area contributed by atoms with Crippen LogP contribution in [-0.4, -0.2) is 24.1 Å². The highest BCUT2D eigenvalue weighted by Crippen LogP contribution is 2.18. The summed E-state index contributed by atoms with van der Waals surface area (Å²) in [6.07, 6.45) is 5.53. The lowest BCUT2D eigenvalue weighted by Crippen LogP contribution is -2.19. The summed E-state index contributed by atoms with van der Waals surface area (Å²) < 4.78 is 0. The van der Waals surface area contributed by atoms with Crippen LogP contribution in [0.15, 0.2) is 42.9 Å². The van der Waals surface area contributed by atoms with Crippen molar-refractivity contribution < 1.29 is 0 Å². The largest absolute Gasteiger partial charge is 0.355 e. The quantitative estimate of drug-likeness (QED) is 0.892. The Kier molecular flexibility index (Phi) is 4.47. The molecule has 2 aromatic heterocycles. The number of nitrogens with one attached hydrogen (secondary N) is 1. The number of pyridine rings is 2. The highest BCUT2D eigenvalue weighted by molar-refractivity contribution is 5.41. The SMILES string of the molecule is CNC(C)c1ccnc(N(C)Cc2cccnc2)c1. The zero-order valence-electron chi connectivity index (χ0n) is 11.7. The Labute approximate surface area is 114 Å². The van der Waals surface area contributed by atoms with Crippen LogP contribution in [-0.2, 0) is 6.54 Å². The average molecular weight is 256 g/mol. The minimum Gasteiger partial charge on any atom is -0.355 e. The van der Waals surface area contributed by atoms with Gasteiger partial charge in [0.1, 0.15) is 5.82 Å². The summed E-state index contributed by atoms with van der Waals surface area (Å²) in [5, 5.41) is 3.24. The second-order valence-electron chi connectivity index (χ2n) is 4.68. The summed E-state index contributed by atoms with van der Waals surface area (Å²) in [7, 11) is 4.01. The van der Waals surface area contributed by atoms with Crippen LogP contribution in [0, 0.1) is 0 Å². The summed E-state index contributed by atoms with van der Waals surface area (Å²) in [5.74, 6) is 0.975. The van der Waals surface area contributed by atoms with Gasteiger partial charge in [-0.3, -0.25) is 4.98 Å². The van der Waals surface area contributed by atoms with Crippen molar-refractivity contribution in [3.8, 4) is 0 Å². The van der Waals surface area contributed by atoms with E-state index in [4.69, 9.17) is 0 Å². The van der Waals surface area contributed by atoms with E-state index in [2.05, 4.69) is 39.2 Å². The van der Waals surface area contributed by atoms with Gasteiger partial charge in [0.2, 0.25) is 0 Å². The van der Waals surface area contributed by atoms with Crippen molar-refractivity contribution in [3.63, 3.8) is 0 Å². The van der Waals surface area contributed by atoms with E-state index in [-0.39, 0.29) is 0 Å². The van der Waals surface area contributed by atoms with E-state index >= 15 is 0 Å². The lowest BCUT2D eigenvalue weighted by Gasteiger charge is -2.20. The van der Waals surface area contributed by atoms with Crippen LogP contribution in [0.4, 0.5) is 5.82 Å². The molecule has 0 bridgehead atoms. The van der Waals surface area contributed by atoms with Gasteiger partial charge >= 0.3 is 0 Å². The number of hydrogen-bond donors (Lipinski definition) is 1. The number of anilines is 1. The molecule has 100 valence electrons. The maximum atomic E-state index is 4.43. The molecule has 0 aliphatic heterocycles. The molecule has 1 N–H and O–H groups in total. The second kappa shape index (κ2) is 6.29. The third-order valence-electron chi connectivity index (χ3n) is 3.24. The van der Waals surface area contributed by atoms with Gasteiger partial charge in [-0.15, -0.1) is 0 Å². The lowest BCUT2D eigenvalue weighted by atomic mass is 10.1. The van der Waals surface area contributed by atoms with Crippen LogP contribution in [0.25, 0.3) is 0 Å². The van der Waals surface area contributed by atoms with Crippen LogP contribution in [0.1, 0.15) is 24.1 Å². The Morgan fingerprint density at radius 2 is 2.16 bits per heavy atom. The van der Waals surface area contributed by atoms with Crippen molar-refractivity contribution in [2.75, 3.05) is 19.0 Å². The first-order valence-electron chi connectivity index (χ1n) is 6.44. The van der Waals surface area contributed by atoms with Gasteiger partial charge in [-0.2, -0.15) is 0 Å². The molecule has 2 heterocycles. The summed E-state index contributed by atoms with van der Waals surface area (Å²) in [5.41, 5.74) is 2.42. The second-order valence-corrected chi connectivity index (χ2v) is 4.68. The maximum Gasteiger partial charge on any atom is 0.128 e. The van der Waals surface area contributed by atoms with E-state index in [1.54, 1.807) is 6.20 Å². The predicted molar refractivity (Wildman–Crippen MR) is 78.1 cm³/mol. The van der Waals surface area contributed by atoms with Crippen molar-refractivity contribution >= 4 is 5.82 Å². The van der Waals surface area contributed by atoms with Crippen LogP contribution in [0.5, 0.6) is 0 Å². The molecule has 1 unspecified atom stereocenters. The third kappa shape index (κ3) is 3.51. The van der Waals surface area contributed by atoms with Gasteiger partial charge in [0.25, 0.3) is 0 Å². The topological polar surface area (TPSA) is 41.1 Å². The fraction of sp³-hybridized carbons (Fsp3) is 0.333. The van der Waals surface area contributed by atoms with E-state index in [1.165, 1.54) is 11.1 Å². The molecule has 0 spiro atoms. The third-order valence-corrected chi connectivity index (χ3v) is 3.24. The number of nitrogens with zero attached hydrogens (tertiary/aromatic N) is 3. The van der Waals surface area contributed by atoms with Gasteiger partial charge in [-0.05, 0) is 43.3 Å². The molecule has 0 amide bonds. The number of aromatic nitrogens is 2. The van der Waals surface area contributed by atoms with Gasteiger partial charge in [0.05, 0.1) is 0 Å². The van der Waals surface area contributed by atoms with E-state index in [9.17, 15) is 0 Å². The maximum absolute atomic E-state index is 4.43. The average Bonchev–Trinajstić information content (AvgIpc) is 2.47. The van der Waals surface area contributed by atoms with E-state index in [1.807, 2.05) is 38.6 Å². The predicted octanol–water partition coefficient (Wildman–Crippen LogP) is 2.39. The molecular weight excluding hydrogens is 236 g/mol. The van der Waals surface area contributed by atoms with Crippen LogP contribution >= 0.6 is 0 Å². The van der Waals surface area contributed by atoms with Crippen molar-refractivity contribution in [2.45, 2.75) is 19.5 Å². The fourth-order valence-electron chi connectivity index (χ4n) is 1.93. The van der Waals surface area contributed by atoms with Gasteiger partial charge in [-0.1, -0.05) is 6.07 Å². The minimum absolute atomic E-state index is 0.327. The first-order chi connectivity index (χ1) is 9.20. The molecule has 1 atom stereocenters. The van der Waals surface area contributed by atoms with Crippen LogP contribution in [0.3, 0.4) is 0 Å².